The number of rotatable bonds is 7. The second-order valence-electron chi connectivity index (χ2n) is 5.81. The average Bonchev–Trinajstić information content (AvgIpc) is 3.22. The SMILES string of the molecule is CN1CCN(C(=O)CNCCCC(=O)NC2CC2)CC1. The molecule has 0 bridgehead atoms. The number of carbonyl (C=O) groups is 2. The lowest BCUT2D eigenvalue weighted by molar-refractivity contribution is -0.131. The summed E-state index contributed by atoms with van der Waals surface area (Å²) in [7, 11) is 2.08. The number of hydrogen-bond donors (Lipinski definition) is 2. The van der Waals surface area contributed by atoms with Crippen molar-refractivity contribution in [1.82, 2.24) is 20.4 Å². The van der Waals surface area contributed by atoms with Gasteiger partial charge in [-0.15, -0.1) is 0 Å². The standard InChI is InChI=1S/C14H26N4O2/c1-17-7-9-18(10-8-17)14(20)11-15-6-2-3-13(19)16-12-4-5-12/h12,15H,2-11H2,1H3,(H,16,19). The van der Waals surface area contributed by atoms with E-state index in [1.165, 1.54) is 0 Å². The van der Waals surface area contributed by atoms with Gasteiger partial charge in [-0.25, -0.2) is 0 Å². The quantitative estimate of drug-likeness (QED) is 0.613. The monoisotopic (exact) mass is 282 g/mol. The normalized spacial score (nSPS) is 19.9. The first-order valence-corrected chi connectivity index (χ1v) is 7.61. The summed E-state index contributed by atoms with van der Waals surface area (Å²) in [6.07, 6.45) is 3.59. The fraction of sp³-hybridized carbons (Fsp3) is 0.857. The van der Waals surface area contributed by atoms with Crippen LogP contribution >= 0.6 is 0 Å². The highest BCUT2D eigenvalue weighted by molar-refractivity contribution is 5.78. The van der Waals surface area contributed by atoms with Crippen molar-refractivity contribution in [3.8, 4) is 0 Å². The molecule has 1 aliphatic heterocycles. The molecule has 6 nitrogen and oxygen atoms in total. The summed E-state index contributed by atoms with van der Waals surface area (Å²) < 4.78 is 0. The van der Waals surface area contributed by atoms with Gasteiger partial charge in [-0.1, -0.05) is 0 Å². The number of carbonyl (C=O) groups excluding carboxylic acids is 2. The third-order valence-electron chi connectivity index (χ3n) is 3.83. The van der Waals surface area contributed by atoms with E-state index in [2.05, 4.69) is 22.6 Å². The van der Waals surface area contributed by atoms with Crippen LogP contribution in [0.4, 0.5) is 0 Å². The summed E-state index contributed by atoms with van der Waals surface area (Å²) in [5.41, 5.74) is 0. The second-order valence-corrected chi connectivity index (χ2v) is 5.81. The Balaban J connectivity index is 1.47. The van der Waals surface area contributed by atoms with Crippen molar-refractivity contribution in [3.05, 3.63) is 0 Å². The van der Waals surface area contributed by atoms with Crippen LogP contribution in [0.2, 0.25) is 0 Å². The molecule has 1 aliphatic carbocycles. The van der Waals surface area contributed by atoms with Crippen LogP contribution in [0.25, 0.3) is 0 Å². The molecule has 0 unspecified atom stereocenters. The van der Waals surface area contributed by atoms with Crippen LogP contribution in [-0.2, 0) is 9.59 Å². The van der Waals surface area contributed by atoms with Gasteiger partial charge in [-0.2, -0.15) is 0 Å². The van der Waals surface area contributed by atoms with Crippen LogP contribution in [0.5, 0.6) is 0 Å². The first kappa shape index (κ1) is 15.3. The van der Waals surface area contributed by atoms with E-state index < -0.39 is 0 Å². The van der Waals surface area contributed by atoms with E-state index >= 15 is 0 Å². The van der Waals surface area contributed by atoms with Crippen LogP contribution in [0.15, 0.2) is 0 Å². The van der Waals surface area contributed by atoms with Crippen molar-refractivity contribution >= 4 is 11.8 Å². The average molecular weight is 282 g/mol. The van der Waals surface area contributed by atoms with Crippen LogP contribution < -0.4 is 10.6 Å². The lowest BCUT2D eigenvalue weighted by Gasteiger charge is -2.32. The molecule has 2 rings (SSSR count). The fourth-order valence-corrected chi connectivity index (χ4v) is 2.26. The molecule has 2 N–H and O–H groups in total. The lowest BCUT2D eigenvalue weighted by Crippen LogP contribution is -2.49. The highest BCUT2D eigenvalue weighted by atomic mass is 16.2. The zero-order valence-electron chi connectivity index (χ0n) is 12.4. The third-order valence-corrected chi connectivity index (χ3v) is 3.83. The summed E-state index contributed by atoms with van der Waals surface area (Å²) in [6.45, 7) is 4.65. The van der Waals surface area contributed by atoms with E-state index in [-0.39, 0.29) is 11.8 Å². The number of piperazine rings is 1. The van der Waals surface area contributed by atoms with Crippen molar-refractivity contribution in [1.29, 1.82) is 0 Å². The summed E-state index contributed by atoms with van der Waals surface area (Å²) in [5.74, 6) is 0.306. The minimum absolute atomic E-state index is 0.139. The van der Waals surface area contributed by atoms with Crippen molar-refractivity contribution in [2.24, 2.45) is 0 Å². The molecule has 2 aliphatic rings. The van der Waals surface area contributed by atoms with Gasteiger partial charge in [-0.3, -0.25) is 9.59 Å². The molecule has 114 valence electrons. The Labute approximate surface area is 120 Å². The molecular formula is C14H26N4O2. The molecule has 1 saturated heterocycles. The summed E-state index contributed by atoms with van der Waals surface area (Å²) in [6, 6.07) is 0.439. The second kappa shape index (κ2) is 7.59. The molecular weight excluding hydrogens is 256 g/mol. The number of amides is 2. The molecule has 0 atom stereocenters. The first-order chi connectivity index (χ1) is 9.65. The Morgan fingerprint density at radius 1 is 1.15 bits per heavy atom. The van der Waals surface area contributed by atoms with Gasteiger partial charge in [0.2, 0.25) is 11.8 Å². The Kier molecular flexibility index (Phi) is 5.79. The molecule has 2 fully saturated rings. The minimum atomic E-state index is 0.139. The molecule has 20 heavy (non-hydrogen) atoms. The van der Waals surface area contributed by atoms with Gasteiger partial charge in [0.1, 0.15) is 0 Å². The number of nitrogens with one attached hydrogen (secondary N) is 2. The van der Waals surface area contributed by atoms with Gasteiger partial charge < -0.3 is 20.4 Å². The van der Waals surface area contributed by atoms with E-state index in [9.17, 15) is 9.59 Å². The van der Waals surface area contributed by atoms with Gasteiger partial charge in [0.05, 0.1) is 6.54 Å². The molecule has 1 heterocycles. The number of hydrogen-bond acceptors (Lipinski definition) is 4. The molecule has 0 aromatic heterocycles. The topological polar surface area (TPSA) is 64.7 Å². The fourth-order valence-electron chi connectivity index (χ4n) is 2.26. The van der Waals surface area contributed by atoms with Crippen LogP contribution in [0, 0.1) is 0 Å². The van der Waals surface area contributed by atoms with Crippen molar-refractivity contribution < 1.29 is 9.59 Å². The zero-order valence-corrected chi connectivity index (χ0v) is 12.4. The molecule has 1 saturated carbocycles. The van der Waals surface area contributed by atoms with Gasteiger partial charge in [-0.05, 0) is 32.9 Å². The minimum Gasteiger partial charge on any atom is -0.353 e. The van der Waals surface area contributed by atoms with Gasteiger partial charge in [0.25, 0.3) is 0 Å². The van der Waals surface area contributed by atoms with E-state index in [0.29, 0.717) is 19.0 Å². The van der Waals surface area contributed by atoms with E-state index in [0.717, 1.165) is 52.0 Å². The largest absolute Gasteiger partial charge is 0.353 e. The Morgan fingerprint density at radius 2 is 1.85 bits per heavy atom. The van der Waals surface area contributed by atoms with Gasteiger partial charge in [0.15, 0.2) is 0 Å². The summed E-state index contributed by atoms with van der Waals surface area (Å²) in [5, 5.41) is 6.10. The molecule has 0 radical (unpaired) electrons. The maximum atomic E-state index is 11.9. The van der Waals surface area contributed by atoms with Gasteiger partial charge >= 0.3 is 0 Å². The predicted molar refractivity (Wildman–Crippen MR) is 77.3 cm³/mol. The van der Waals surface area contributed by atoms with Crippen LogP contribution in [0.3, 0.4) is 0 Å². The van der Waals surface area contributed by atoms with E-state index in [4.69, 9.17) is 0 Å². The zero-order chi connectivity index (χ0) is 14.4. The highest BCUT2D eigenvalue weighted by Gasteiger charge is 2.22. The smallest absolute Gasteiger partial charge is 0.236 e. The number of nitrogens with zero attached hydrogens (tertiary/aromatic N) is 2. The Morgan fingerprint density at radius 3 is 2.50 bits per heavy atom. The lowest BCUT2D eigenvalue weighted by atomic mass is 10.3. The summed E-state index contributed by atoms with van der Waals surface area (Å²) in [4.78, 5) is 27.5. The van der Waals surface area contributed by atoms with Crippen LogP contribution in [-0.4, -0.2) is 74.0 Å². The van der Waals surface area contributed by atoms with Crippen molar-refractivity contribution in [2.75, 3.05) is 46.3 Å². The van der Waals surface area contributed by atoms with Gasteiger partial charge in [0, 0.05) is 38.6 Å². The maximum Gasteiger partial charge on any atom is 0.236 e. The van der Waals surface area contributed by atoms with E-state index in [1.54, 1.807) is 0 Å². The first-order valence-electron chi connectivity index (χ1n) is 7.61. The molecule has 0 aromatic carbocycles. The van der Waals surface area contributed by atoms with Crippen molar-refractivity contribution in [2.45, 2.75) is 31.7 Å². The van der Waals surface area contributed by atoms with Crippen molar-refractivity contribution in [3.63, 3.8) is 0 Å². The third kappa shape index (κ3) is 5.46. The van der Waals surface area contributed by atoms with E-state index in [1.807, 2.05) is 4.90 Å². The molecule has 6 heteroatoms. The number of likely N-dealkylation sites (N-methyl/N-ethyl adjacent to an activating group) is 1. The maximum absolute atomic E-state index is 11.9. The predicted octanol–water partition coefficient (Wildman–Crippen LogP) is -0.591. The van der Waals surface area contributed by atoms with Crippen LogP contribution in [0.1, 0.15) is 25.7 Å². The molecule has 0 aromatic rings. The summed E-state index contributed by atoms with van der Waals surface area (Å²) >= 11 is 0. The Hall–Kier alpha value is -1.14. The Bertz CT molecular complexity index is 336. The molecule has 0 spiro atoms. The molecule has 2 amide bonds. The highest BCUT2D eigenvalue weighted by Crippen LogP contribution is 2.18.